The summed E-state index contributed by atoms with van der Waals surface area (Å²) in [4.78, 5) is 0. The summed E-state index contributed by atoms with van der Waals surface area (Å²) in [6.45, 7) is 10.7. The van der Waals surface area contributed by atoms with Gasteiger partial charge < -0.3 is 5.11 Å². The van der Waals surface area contributed by atoms with Crippen LogP contribution in [0.25, 0.3) is 0 Å². The van der Waals surface area contributed by atoms with E-state index in [9.17, 15) is 5.11 Å². The van der Waals surface area contributed by atoms with Crippen molar-refractivity contribution in [3.63, 3.8) is 0 Å². The van der Waals surface area contributed by atoms with Crippen LogP contribution in [0.1, 0.15) is 78.6 Å². The summed E-state index contributed by atoms with van der Waals surface area (Å²) in [6.07, 6.45) is 15.5. The molecule has 0 aromatic rings. The highest BCUT2D eigenvalue weighted by Crippen LogP contribution is 2.66. The molecule has 5 atom stereocenters. The van der Waals surface area contributed by atoms with Crippen molar-refractivity contribution >= 4 is 0 Å². The molecule has 4 aliphatic rings. The number of fused-ring (bicyclic) bond motifs is 5. The highest BCUT2D eigenvalue weighted by molar-refractivity contribution is 5.42. The lowest BCUT2D eigenvalue weighted by Gasteiger charge is -2.55. The topological polar surface area (TPSA) is 20.2 Å². The second-order valence-electron chi connectivity index (χ2n) is 9.64. The summed E-state index contributed by atoms with van der Waals surface area (Å²) >= 11 is 0. The van der Waals surface area contributed by atoms with Crippen molar-refractivity contribution < 1.29 is 5.11 Å². The highest BCUT2D eigenvalue weighted by atomic mass is 16.3. The first-order valence-corrected chi connectivity index (χ1v) is 10.6. The maximum Gasteiger partial charge on any atom is 0.131 e. The minimum Gasteiger partial charge on any atom is -0.377 e. The van der Waals surface area contributed by atoms with Crippen LogP contribution in [0.15, 0.2) is 35.5 Å². The summed E-state index contributed by atoms with van der Waals surface area (Å²) in [7, 11) is 0. The van der Waals surface area contributed by atoms with Gasteiger partial charge in [0.15, 0.2) is 0 Å². The van der Waals surface area contributed by atoms with Crippen LogP contribution in [-0.4, -0.2) is 10.7 Å². The molecule has 1 N–H and O–H groups in total. The molecule has 4 aliphatic carbocycles. The van der Waals surface area contributed by atoms with E-state index in [1.54, 1.807) is 11.1 Å². The monoisotopic (exact) mass is 350 g/mol. The third-order valence-corrected chi connectivity index (χ3v) is 8.24. The fraction of sp³-hybridized carbons (Fsp3) is 0.680. The van der Waals surface area contributed by atoms with E-state index in [4.69, 9.17) is 0 Å². The molecule has 0 aromatic heterocycles. The van der Waals surface area contributed by atoms with Crippen molar-refractivity contribution in [1.29, 1.82) is 0 Å². The molecule has 0 amide bonds. The highest BCUT2D eigenvalue weighted by Gasteiger charge is 2.61. The van der Waals surface area contributed by atoms with Gasteiger partial charge in [-0.15, -0.1) is 12.5 Å². The van der Waals surface area contributed by atoms with Crippen LogP contribution < -0.4 is 0 Å². The summed E-state index contributed by atoms with van der Waals surface area (Å²) in [5, 5.41) is 11.3. The van der Waals surface area contributed by atoms with Gasteiger partial charge in [0.2, 0.25) is 0 Å². The lowest BCUT2D eigenvalue weighted by Crippen LogP contribution is -2.50. The van der Waals surface area contributed by atoms with E-state index >= 15 is 0 Å². The average molecular weight is 351 g/mol. The standard InChI is InChI=1S/C25H34O/c1-5-13-25(26)16-12-21-20-10-9-19-8-6-7-14-24(19,17-18(2)3)22(20)11-15-23(21,25)4/h8,11,20-21,26H,2,6-7,9-10,12,14-17H2,1,3-4H3/t20-,21-,23-,24+,25-/m0/s1. The Bertz CT molecular complexity index is 744. The largest absolute Gasteiger partial charge is 0.377 e. The van der Waals surface area contributed by atoms with E-state index in [-0.39, 0.29) is 10.8 Å². The first kappa shape index (κ1) is 18.1. The van der Waals surface area contributed by atoms with Crippen LogP contribution in [0.3, 0.4) is 0 Å². The lowest BCUT2D eigenvalue weighted by molar-refractivity contribution is -0.0380. The Kier molecular flexibility index (Phi) is 4.27. The molecule has 2 fully saturated rings. The maximum atomic E-state index is 11.3. The second kappa shape index (κ2) is 6.13. The Labute approximate surface area is 159 Å². The predicted molar refractivity (Wildman–Crippen MR) is 108 cm³/mol. The van der Waals surface area contributed by atoms with Crippen LogP contribution in [0, 0.1) is 34.5 Å². The third-order valence-electron chi connectivity index (χ3n) is 8.24. The molecule has 0 radical (unpaired) electrons. The minimum atomic E-state index is -0.807. The molecule has 1 nitrogen and oxygen atoms in total. The van der Waals surface area contributed by atoms with Gasteiger partial charge in [0.25, 0.3) is 0 Å². The van der Waals surface area contributed by atoms with Crippen molar-refractivity contribution in [2.75, 3.05) is 0 Å². The van der Waals surface area contributed by atoms with Crippen molar-refractivity contribution in [2.24, 2.45) is 22.7 Å². The van der Waals surface area contributed by atoms with E-state index in [1.807, 2.05) is 6.92 Å². The number of hydrogen-bond acceptors (Lipinski definition) is 1. The second-order valence-corrected chi connectivity index (χ2v) is 9.64. The SMILES string of the molecule is C=C(C)C[C@]12CCCC=C1CC[C@@H]1C2=CC[C@@]2(C)[C@H]1CC[C@@]2(O)C#CC. The Morgan fingerprint density at radius 1 is 1.31 bits per heavy atom. The molecule has 0 bridgehead atoms. The number of allylic oxidation sites excluding steroid dienone is 5. The molecule has 0 aliphatic heterocycles. The van der Waals surface area contributed by atoms with Crippen molar-refractivity contribution in [1.82, 2.24) is 0 Å². The Hall–Kier alpha value is -1.26. The molecule has 26 heavy (non-hydrogen) atoms. The molecule has 140 valence electrons. The minimum absolute atomic E-state index is 0.0928. The zero-order chi connectivity index (χ0) is 18.6. The maximum absolute atomic E-state index is 11.3. The molecular weight excluding hydrogens is 316 g/mol. The van der Waals surface area contributed by atoms with E-state index in [1.165, 1.54) is 37.7 Å². The summed E-state index contributed by atoms with van der Waals surface area (Å²) in [6, 6.07) is 0. The molecule has 4 rings (SSSR count). The van der Waals surface area contributed by atoms with Gasteiger partial charge in [-0.2, -0.15) is 0 Å². The smallest absolute Gasteiger partial charge is 0.131 e. The van der Waals surface area contributed by atoms with E-state index < -0.39 is 5.60 Å². The molecule has 0 aromatic carbocycles. The predicted octanol–water partition coefficient (Wildman–Crippen LogP) is 5.96. The van der Waals surface area contributed by atoms with Crippen LogP contribution in [0.4, 0.5) is 0 Å². The van der Waals surface area contributed by atoms with E-state index in [0.29, 0.717) is 11.8 Å². The van der Waals surface area contributed by atoms with Crippen molar-refractivity contribution in [3.05, 3.63) is 35.5 Å². The molecule has 0 saturated heterocycles. The molecule has 0 heterocycles. The van der Waals surface area contributed by atoms with Crippen molar-refractivity contribution in [2.45, 2.75) is 84.2 Å². The number of aliphatic hydroxyl groups is 1. The fourth-order valence-corrected chi connectivity index (χ4v) is 7.09. The Morgan fingerprint density at radius 2 is 2.12 bits per heavy atom. The molecular formula is C25H34O. The summed E-state index contributed by atoms with van der Waals surface area (Å²) in [5.41, 5.74) is 4.05. The van der Waals surface area contributed by atoms with Crippen LogP contribution in [0.2, 0.25) is 0 Å². The molecule has 0 spiro atoms. The molecule has 2 saturated carbocycles. The van der Waals surface area contributed by atoms with Crippen LogP contribution >= 0.6 is 0 Å². The summed E-state index contributed by atoms with van der Waals surface area (Å²) < 4.78 is 0. The first-order chi connectivity index (χ1) is 12.4. The van der Waals surface area contributed by atoms with Gasteiger partial charge in [-0.3, -0.25) is 0 Å². The molecule has 0 unspecified atom stereocenters. The van der Waals surface area contributed by atoms with Crippen LogP contribution in [-0.2, 0) is 0 Å². The molecule has 1 heteroatoms. The van der Waals surface area contributed by atoms with Crippen molar-refractivity contribution in [3.8, 4) is 11.8 Å². The normalized spacial score (nSPS) is 43.8. The van der Waals surface area contributed by atoms with Gasteiger partial charge in [-0.05, 0) is 83.5 Å². The fourth-order valence-electron chi connectivity index (χ4n) is 7.09. The van der Waals surface area contributed by atoms with Gasteiger partial charge >= 0.3 is 0 Å². The van der Waals surface area contributed by atoms with E-state index in [2.05, 4.69) is 44.4 Å². The Morgan fingerprint density at radius 3 is 2.85 bits per heavy atom. The summed E-state index contributed by atoms with van der Waals surface area (Å²) in [5.74, 6) is 7.41. The van der Waals surface area contributed by atoms with E-state index in [0.717, 1.165) is 25.7 Å². The Balaban J connectivity index is 1.79. The van der Waals surface area contributed by atoms with Crippen LogP contribution in [0.5, 0.6) is 0 Å². The number of hydrogen-bond donors (Lipinski definition) is 1. The van der Waals surface area contributed by atoms with Gasteiger partial charge in [0.05, 0.1) is 0 Å². The quantitative estimate of drug-likeness (QED) is 0.481. The zero-order valence-electron chi connectivity index (χ0n) is 16.8. The van der Waals surface area contributed by atoms with Gasteiger partial charge in [-0.25, -0.2) is 0 Å². The van der Waals surface area contributed by atoms with Gasteiger partial charge in [0.1, 0.15) is 5.60 Å². The lowest BCUT2D eigenvalue weighted by atomic mass is 9.49. The third kappa shape index (κ3) is 2.34. The first-order valence-electron chi connectivity index (χ1n) is 10.6. The van der Waals surface area contributed by atoms with Gasteiger partial charge in [0, 0.05) is 10.8 Å². The average Bonchev–Trinajstić information content (AvgIpc) is 2.86. The number of rotatable bonds is 2. The zero-order valence-corrected chi connectivity index (χ0v) is 16.8. The van der Waals surface area contributed by atoms with Gasteiger partial charge in [-0.1, -0.05) is 41.7 Å².